The average Bonchev–Trinajstić information content (AvgIpc) is 4.06. The molecule has 0 saturated heterocycles. The second kappa shape index (κ2) is 22.3. The Morgan fingerprint density at radius 3 is 1.61 bits per heavy atom. The van der Waals surface area contributed by atoms with E-state index in [0.717, 1.165) is 12.8 Å². The van der Waals surface area contributed by atoms with Crippen LogP contribution < -0.4 is 15.3 Å². The maximum Gasteiger partial charge on any atom is 0.0713 e. The van der Waals surface area contributed by atoms with E-state index < -0.39 is 0 Å². The first kappa shape index (κ1) is 49.9. The zero-order valence-electron chi connectivity index (χ0n) is 44.3. The van der Waals surface area contributed by atoms with Gasteiger partial charge in [0.25, 0.3) is 0 Å². The van der Waals surface area contributed by atoms with Crippen molar-refractivity contribution in [3.05, 3.63) is 336 Å². The summed E-state index contributed by atoms with van der Waals surface area (Å²) in [5.74, 6) is 0. The van der Waals surface area contributed by atoms with Crippen molar-refractivity contribution in [2.45, 2.75) is 39.0 Å². The van der Waals surface area contributed by atoms with Crippen molar-refractivity contribution in [2.75, 3.05) is 4.90 Å². The predicted octanol–water partition coefficient (Wildman–Crippen LogP) is 18.7. The summed E-state index contributed by atoms with van der Waals surface area (Å²) in [5.41, 5.74) is 23.0. The highest BCUT2D eigenvalue weighted by molar-refractivity contribution is 5.92. The largest absolute Gasteiger partial charge is 0.314 e. The fourth-order valence-corrected chi connectivity index (χ4v) is 11.8. The summed E-state index contributed by atoms with van der Waals surface area (Å²) in [7, 11) is 0. The van der Waals surface area contributed by atoms with E-state index >= 15 is 0 Å². The Balaban J connectivity index is 0.000000176. The molecule has 0 heterocycles. The maximum atomic E-state index is 3.36. The molecule has 11 aromatic carbocycles. The third-order valence-electron chi connectivity index (χ3n) is 15.4. The van der Waals surface area contributed by atoms with Crippen molar-refractivity contribution < 1.29 is 0 Å². The molecule has 0 amide bonds. The van der Waals surface area contributed by atoms with Gasteiger partial charge in [-0.2, -0.15) is 0 Å². The lowest BCUT2D eigenvalue weighted by atomic mass is 9.67. The minimum atomic E-state index is -0.263. The molecule has 0 bridgehead atoms. The van der Waals surface area contributed by atoms with Gasteiger partial charge in [-0.15, -0.1) is 0 Å². The number of nitrogens with zero attached hydrogens (tertiary/aromatic N) is 1. The zero-order valence-corrected chi connectivity index (χ0v) is 44.3. The number of anilines is 2. The van der Waals surface area contributed by atoms with Crippen LogP contribution in [0.4, 0.5) is 11.4 Å². The lowest BCUT2D eigenvalue weighted by Gasteiger charge is -2.34. The SMILES string of the molecule is C=CC=C.Cc1ccc2c(c1)C(c1ccccc1)(c1ccccc1)c1ccccc1-2.Cc1ccccc1-c1ccc(-c2ccccc2-c2ccc(N(C3=c4ccccc4=CCC3)c3ccc4ccccc4c3)cc2)cc1C. The summed E-state index contributed by atoms with van der Waals surface area (Å²) in [5, 5.41) is 5.13. The number of rotatable bonds is 9. The first-order valence-corrected chi connectivity index (χ1v) is 26.9. The Kier molecular flexibility index (Phi) is 14.4. The van der Waals surface area contributed by atoms with Crippen LogP contribution in [0.25, 0.3) is 67.1 Å². The van der Waals surface area contributed by atoms with Crippen molar-refractivity contribution in [1.29, 1.82) is 0 Å². The minimum absolute atomic E-state index is 0.263. The molecular formula is C76H63N. The van der Waals surface area contributed by atoms with E-state index in [2.05, 4.69) is 306 Å². The molecule has 1 nitrogen and oxygen atoms in total. The van der Waals surface area contributed by atoms with Gasteiger partial charge < -0.3 is 4.90 Å². The third kappa shape index (κ3) is 9.70. The molecule has 0 saturated carbocycles. The van der Waals surface area contributed by atoms with Gasteiger partial charge in [0.1, 0.15) is 0 Å². The summed E-state index contributed by atoms with van der Waals surface area (Å²) < 4.78 is 0. The molecule has 77 heavy (non-hydrogen) atoms. The van der Waals surface area contributed by atoms with Crippen LogP contribution in [0.5, 0.6) is 0 Å². The lowest BCUT2D eigenvalue weighted by molar-refractivity contribution is 0.767. The molecule has 0 N–H and O–H groups in total. The monoisotopic (exact) mass is 989 g/mol. The molecular weight excluding hydrogens is 927 g/mol. The van der Waals surface area contributed by atoms with E-state index in [9.17, 15) is 0 Å². The molecule has 1 heteroatoms. The fourth-order valence-electron chi connectivity index (χ4n) is 11.8. The summed E-state index contributed by atoms with van der Waals surface area (Å²) in [6.07, 6.45) is 7.67. The Hall–Kier alpha value is -9.30. The van der Waals surface area contributed by atoms with Crippen LogP contribution >= 0.6 is 0 Å². The van der Waals surface area contributed by atoms with Crippen LogP contribution in [0.2, 0.25) is 0 Å². The highest BCUT2D eigenvalue weighted by Gasteiger charge is 2.45. The van der Waals surface area contributed by atoms with Gasteiger partial charge in [-0.05, 0) is 152 Å². The van der Waals surface area contributed by atoms with Crippen LogP contribution in [0.15, 0.2) is 286 Å². The zero-order chi connectivity index (χ0) is 52.7. The molecule has 0 atom stereocenters. The summed E-state index contributed by atoms with van der Waals surface area (Å²) in [4.78, 5) is 2.47. The van der Waals surface area contributed by atoms with Crippen LogP contribution in [0, 0.1) is 20.8 Å². The molecule has 0 fully saturated rings. The molecule has 13 rings (SSSR count). The third-order valence-corrected chi connectivity index (χ3v) is 15.4. The molecule has 0 unspecified atom stereocenters. The van der Waals surface area contributed by atoms with Gasteiger partial charge >= 0.3 is 0 Å². The van der Waals surface area contributed by atoms with Crippen molar-refractivity contribution in [3.63, 3.8) is 0 Å². The maximum absolute atomic E-state index is 3.36. The van der Waals surface area contributed by atoms with E-state index in [1.54, 1.807) is 12.2 Å². The Bertz CT molecular complexity index is 4000. The molecule has 0 aliphatic heterocycles. The summed E-state index contributed by atoms with van der Waals surface area (Å²) in [6, 6.07) is 95.4. The first-order valence-electron chi connectivity index (χ1n) is 26.9. The van der Waals surface area contributed by atoms with Crippen molar-refractivity contribution >= 4 is 33.9 Å². The average molecular weight is 990 g/mol. The summed E-state index contributed by atoms with van der Waals surface area (Å²) >= 11 is 0. The molecule has 0 aromatic heterocycles. The van der Waals surface area contributed by atoms with Crippen molar-refractivity contribution in [2.24, 2.45) is 0 Å². The quantitative estimate of drug-likeness (QED) is 0.130. The smallest absolute Gasteiger partial charge is 0.0713 e. The van der Waals surface area contributed by atoms with Gasteiger partial charge in [0.05, 0.1) is 5.41 Å². The molecule has 0 radical (unpaired) electrons. The van der Waals surface area contributed by atoms with Crippen LogP contribution in [-0.4, -0.2) is 0 Å². The van der Waals surface area contributed by atoms with E-state index in [1.807, 2.05) is 0 Å². The number of hydrogen-bond acceptors (Lipinski definition) is 1. The lowest BCUT2D eigenvalue weighted by Crippen LogP contribution is -2.34. The second-order valence-electron chi connectivity index (χ2n) is 20.1. The molecule has 372 valence electrons. The standard InChI is InChI=1S/C46H37N.C26H20.C4H6/c1-32-12-3-7-17-41(32)42-29-25-38(30-33(42)2)44-19-10-9-18-43(44)36-23-26-39(27-24-36)47(40-28-22-34-13-4-5-15-37(34)31-40)46-21-11-16-35-14-6-8-20-45(35)46;1-19-16-17-23-22-14-8-9-15-24(22)26(25(23)18-19,20-10-4-2-5-11-20)21-12-6-3-7-13-21;1-3-4-2/h3-10,12-20,22-31H,11,21H2,1-2H3;2-18H,1H3;3-4H,1-2H2. The summed E-state index contributed by atoms with van der Waals surface area (Å²) in [6.45, 7) is 13.3. The van der Waals surface area contributed by atoms with Gasteiger partial charge in [0.2, 0.25) is 0 Å². The Morgan fingerprint density at radius 2 is 0.922 bits per heavy atom. The van der Waals surface area contributed by atoms with Crippen molar-refractivity contribution in [1.82, 2.24) is 0 Å². The molecule has 2 aliphatic carbocycles. The number of aryl methyl sites for hydroxylation is 3. The van der Waals surface area contributed by atoms with E-state index in [0.29, 0.717) is 0 Å². The second-order valence-corrected chi connectivity index (χ2v) is 20.1. The number of benzene rings is 11. The highest BCUT2D eigenvalue weighted by atomic mass is 15.1. The number of fused-ring (bicyclic) bond motifs is 5. The van der Waals surface area contributed by atoms with Crippen LogP contribution in [0.1, 0.15) is 51.8 Å². The van der Waals surface area contributed by atoms with Gasteiger partial charge in [-0.25, -0.2) is 0 Å². The normalized spacial score (nSPS) is 12.5. The first-order chi connectivity index (χ1) is 37.9. The Labute approximate surface area is 455 Å². The highest BCUT2D eigenvalue weighted by Crippen LogP contribution is 2.56. The topological polar surface area (TPSA) is 3.24 Å². The van der Waals surface area contributed by atoms with E-state index in [4.69, 9.17) is 0 Å². The van der Waals surface area contributed by atoms with Gasteiger partial charge in [0.15, 0.2) is 0 Å². The van der Waals surface area contributed by atoms with Crippen LogP contribution in [-0.2, 0) is 5.41 Å². The number of hydrogen-bond donors (Lipinski definition) is 0. The number of allylic oxidation sites excluding steroid dienone is 2. The van der Waals surface area contributed by atoms with E-state index in [1.165, 1.54) is 122 Å². The van der Waals surface area contributed by atoms with Gasteiger partial charge in [-0.3, -0.25) is 0 Å². The fraction of sp³-hybridized carbons (Fsp3) is 0.0789. The van der Waals surface area contributed by atoms with E-state index in [-0.39, 0.29) is 5.41 Å². The molecule has 0 spiro atoms. The Morgan fingerprint density at radius 1 is 0.390 bits per heavy atom. The predicted molar refractivity (Wildman–Crippen MR) is 330 cm³/mol. The van der Waals surface area contributed by atoms with Gasteiger partial charge in [-0.1, -0.05) is 274 Å². The molecule has 2 aliphatic rings. The minimum Gasteiger partial charge on any atom is -0.314 e. The van der Waals surface area contributed by atoms with Gasteiger partial charge in [0, 0.05) is 22.3 Å². The van der Waals surface area contributed by atoms with Crippen molar-refractivity contribution in [3.8, 4) is 44.5 Å². The van der Waals surface area contributed by atoms with Crippen LogP contribution in [0.3, 0.4) is 0 Å². The molecule has 11 aromatic rings.